The van der Waals surface area contributed by atoms with E-state index >= 15 is 0 Å². The molecule has 0 N–H and O–H groups in total. The van der Waals surface area contributed by atoms with Gasteiger partial charge in [-0.2, -0.15) is 0 Å². The maximum absolute atomic E-state index is 13.7. The van der Waals surface area contributed by atoms with Gasteiger partial charge in [0.2, 0.25) is 0 Å². The first kappa shape index (κ1) is 21.8. The van der Waals surface area contributed by atoms with Crippen LogP contribution in [0, 0.1) is 5.82 Å². The van der Waals surface area contributed by atoms with Crippen LogP contribution < -0.4 is 4.90 Å². The molecule has 1 aliphatic rings. The lowest BCUT2D eigenvalue weighted by Crippen LogP contribution is -2.39. The Balaban J connectivity index is 1.47. The van der Waals surface area contributed by atoms with Crippen LogP contribution in [0.5, 0.6) is 0 Å². The molecule has 0 amide bonds. The van der Waals surface area contributed by atoms with E-state index in [1.54, 1.807) is 6.07 Å². The van der Waals surface area contributed by atoms with Crippen molar-refractivity contribution in [1.82, 2.24) is 4.98 Å². The highest BCUT2D eigenvalue weighted by atomic mass is 35.5. The number of piperidine rings is 1. The molecule has 30 heavy (non-hydrogen) atoms. The second-order valence-electron chi connectivity index (χ2n) is 6.95. The summed E-state index contributed by atoms with van der Waals surface area (Å²) in [6.45, 7) is 1.11. The van der Waals surface area contributed by atoms with E-state index in [1.807, 2.05) is 5.38 Å². The largest absolute Gasteiger partial charge is 0.348 e. The monoisotopic (exact) mass is 504 g/mol. The minimum absolute atomic E-state index is 0.0678. The maximum atomic E-state index is 13.7. The molecule has 3 aromatic rings. The van der Waals surface area contributed by atoms with Crippen molar-refractivity contribution in [2.24, 2.45) is 0 Å². The molecule has 0 unspecified atom stereocenters. The van der Waals surface area contributed by atoms with E-state index in [1.165, 1.54) is 41.7 Å². The number of hydrogen-bond donors (Lipinski definition) is 0. The van der Waals surface area contributed by atoms with Gasteiger partial charge in [0, 0.05) is 29.1 Å². The van der Waals surface area contributed by atoms with Crippen molar-refractivity contribution in [1.29, 1.82) is 0 Å². The van der Waals surface area contributed by atoms with Crippen molar-refractivity contribution >= 4 is 61.1 Å². The van der Waals surface area contributed by atoms with Crippen LogP contribution in [0.25, 0.3) is 11.3 Å². The lowest BCUT2D eigenvalue weighted by Gasteiger charge is -2.31. The first-order valence-corrected chi connectivity index (χ1v) is 12.7. The Morgan fingerprint density at radius 2 is 1.77 bits per heavy atom. The Hall–Kier alpha value is -1.38. The van der Waals surface area contributed by atoms with E-state index in [-0.39, 0.29) is 14.9 Å². The second-order valence-corrected chi connectivity index (χ2v) is 11.2. The van der Waals surface area contributed by atoms with Gasteiger partial charge in [0.15, 0.2) is 15.0 Å². The summed E-state index contributed by atoms with van der Waals surface area (Å²) in [4.78, 5) is 6.76. The van der Waals surface area contributed by atoms with Gasteiger partial charge in [-0.25, -0.2) is 17.8 Å². The molecule has 2 heterocycles. The molecule has 0 radical (unpaired) electrons. The normalized spacial score (nSPS) is 15.5. The van der Waals surface area contributed by atoms with Crippen molar-refractivity contribution in [2.75, 3.05) is 18.0 Å². The summed E-state index contributed by atoms with van der Waals surface area (Å²) in [5.74, 6) is -0.490. The molecule has 0 aliphatic carbocycles. The zero-order chi connectivity index (χ0) is 21.5. The minimum atomic E-state index is -3.55. The Kier molecular flexibility index (Phi) is 6.28. The van der Waals surface area contributed by atoms with Crippen molar-refractivity contribution in [3.63, 3.8) is 0 Å². The van der Waals surface area contributed by atoms with E-state index in [9.17, 15) is 12.8 Å². The summed E-state index contributed by atoms with van der Waals surface area (Å²) in [6, 6.07) is 9.02. The van der Waals surface area contributed by atoms with Crippen LogP contribution in [0.1, 0.15) is 12.8 Å². The van der Waals surface area contributed by atoms with Crippen LogP contribution in [0.4, 0.5) is 9.52 Å². The fourth-order valence-electron chi connectivity index (χ4n) is 3.44. The third-order valence-electron chi connectivity index (χ3n) is 5.06. The van der Waals surface area contributed by atoms with Crippen molar-refractivity contribution in [3.05, 3.63) is 62.7 Å². The Labute approximate surface area is 193 Å². The molecular formula is C20H16Cl3FN2O2S2. The van der Waals surface area contributed by atoms with Gasteiger partial charge < -0.3 is 4.90 Å². The molecule has 0 bridgehead atoms. The lowest BCUT2D eigenvalue weighted by atomic mass is 10.1. The average Bonchev–Trinajstić information content (AvgIpc) is 3.20. The number of rotatable bonds is 4. The molecule has 0 atom stereocenters. The SMILES string of the molecule is O=S(=O)(c1ccc(Cl)cc1Cl)C1CCN(c2nc(-c3ccc(Cl)c(F)c3)cs2)CC1. The Morgan fingerprint density at radius 1 is 1.03 bits per heavy atom. The van der Waals surface area contributed by atoms with Gasteiger partial charge in [0.05, 0.1) is 25.9 Å². The number of halogens is 4. The highest BCUT2D eigenvalue weighted by molar-refractivity contribution is 7.92. The zero-order valence-corrected chi connectivity index (χ0v) is 19.4. The van der Waals surface area contributed by atoms with Gasteiger partial charge >= 0.3 is 0 Å². The predicted octanol–water partition coefficient (Wildman–Crippen LogP) is 6.35. The predicted molar refractivity (Wildman–Crippen MR) is 121 cm³/mol. The van der Waals surface area contributed by atoms with Crippen LogP contribution >= 0.6 is 46.1 Å². The first-order chi connectivity index (χ1) is 14.3. The number of sulfone groups is 1. The fourth-order valence-corrected chi connectivity index (χ4v) is 6.96. The number of benzene rings is 2. The molecule has 0 saturated carbocycles. The molecule has 4 rings (SSSR count). The van der Waals surface area contributed by atoms with Gasteiger partial charge in [-0.05, 0) is 43.2 Å². The summed E-state index contributed by atoms with van der Waals surface area (Å²) in [5.41, 5.74) is 1.31. The number of anilines is 1. The van der Waals surface area contributed by atoms with E-state index in [4.69, 9.17) is 34.8 Å². The zero-order valence-electron chi connectivity index (χ0n) is 15.5. The summed E-state index contributed by atoms with van der Waals surface area (Å²) >= 11 is 19.2. The van der Waals surface area contributed by atoms with E-state index < -0.39 is 20.9 Å². The summed E-state index contributed by atoms with van der Waals surface area (Å²) in [7, 11) is -3.55. The molecule has 1 aromatic heterocycles. The molecule has 158 valence electrons. The summed E-state index contributed by atoms with van der Waals surface area (Å²) in [5, 5.41) is 2.73. The molecule has 10 heteroatoms. The molecule has 2 aromatic carbocycles. The Bertz CT molecular complexity index is 1190. The van der Waals surface area contributed by atoms with Gasteiger partial charge in [-0.1, -0.05) is 40.9 Å². The summed E-state index contributed by atoms with van der Waals surface area (Å²) in [6.07, 6.45) is 0.928. The van der Waals surface area contributed by atoms with Crippen molar-refractivity contribution < 1.29 is 12.8 Å². The van der Waals surface area contributed by atoms with Crippen LogP contribution in [-0.2, 0) is 9.84 Å². The highest BCUT2D eigenvalue weighted by Crippen LogP contribution is 2.34. The lowest BCUT2D eigenvalue weighted by molar-refractivity contribution is 0.529. The van der Waals surface area contributed by atoms with E-state index in [0.29, 0.717) is 42.2 Å². The average molecular weight is 506 g/mol. The number of hydrogen-bond acceptors (Lipinski definition) is 5. The molecule has 4 nitrogen and oxygen atoms in total. The van der Waals surface area contributed by atoms with Gasteiger partial charge in [0.1, 0.15) is 5.82 Å². The quantitative estimate of drug-likeness (QED) is 0.414. The molecule has 1 aliphatic heterocycles. The molecule has 0 spiro atoms. The number of nitrogens with zero attached hydrogens (tertiary/aromatic N) is 2. The maximum Gasteiger partial charge on any atom is 0.185 e. The van der Waals surface area contributed by atoms with E-state index in [2.05, 4.69) is 9.88 Å². The summed E-state index contributed by atoms with van der Waals surface area (Å²) < 4.78 is 39.7. The van der Waals surface area contributed by atoms with Gasteiger partial charge in [-0.3, -0.25) is 0 Å². The van der Waals surface area contributed by atoms with Crippen LogP contribution in [-0.4, -0.2) is 31.7 Å². The topological polar surface area (TPSA) is 50.3 Å². The Morgan fingerprint density at radius 3 is 2.43 bits per heavy atom. The van der Waals surface area contributed by atoms with E-state index in [0.717, 1.165) is 5.13 Å². The fraction of sp³-hybridized carbons (Fsp3) is 0.250. The van der Waals surface area contributed by atoms with Gasteiger partial charge in [-0.15, -0.1) is 11.3 Å². The van der Waals surface area contributed by atoms with Gasteiger partial charge in [0.25, 0.3) is 0 Å². The molecule has 1 saturated heterocycles. The highest BCUT2D eigenvalue weighted by Gasteiger charge is 2.33. The van der Waals surface area contributed by atoms with Crippen molar-refractivity contribution in [3.8, 4) is 11.3 Å². The molecule has 1 fully saturated rings. The van der Waals surface area contributed by atoms with Crippen molar-refractivity contribution in [2.45, 2.75) is 23.0 Å². The standard InChI is InChI=1S/C20H16Cl3FN2O2S2/c21-13-2-4-19(16(23)10-13)30(27,28)14-5-7-26(8-6-14)20-25-18(11-29-20)12-1-3-15(22)17(24)9-12/h1-4,9-11,14H,5-8H2. The molecular weight excluding hydrogens is 490 g/mol. The minimum Gasteiger partial charge on any atom is -0.348 e. The number of thiazole rings is 1. The van der Waals surface area contributed by atoms with Crippen LogP contribution in [0.15, 0.2) is 46.7 Å². The second kappa shape index (κ2) is 8.63. The third-order valence-corrected chi connectivity index (χ3v) is 9.25. The number of aromatic nitrogens is 1. The third kappa shape index (κ3) is 4.32. The van der Waals surface area contributed by atoms with Crippen LogP contribution in [0.2, 0.25) is 15.1 Å². The smallest absolute Gasteiger partial charge is 0.185 e. The first-order valence-electron chi connectivity index (χ1n) is 9.10. The van der Waals surface area contributed by atoms with Crippen LogP contribution in [0.3, 0.4) is 0 Å².